The molecule has 7 heteroatoms. The summed E-state index contributed by atoms with van der Waals surface area (Å²) in [6.45, 7) is 0.667. The van der Waals surface area contributed by atoms with E-state index in [0.29, 0.717) is 40.0 Å². The van der Waals surface area contributed by atoms with Crippen LogP contribution in [0.3, 0.4) is 0 Å². The van der Waals surface area contributed by atoms with E-state index in [2.05, 4.69) is 10.6 Å². The zero-order valence-corrected chi connectivity index (χ0v) is 19.6. The molecule has 1 saturated carbocycles. The van der Waals surface area contributed by atoms with Gasteiger partial charge in [0, 0.05) is 34.3 Å². The number of carbonyl (C=O) groups is 3. The molecule has 0 spiro atoms. The zero-order valence-electron chi connectivity index (χ0n) is 18.9. The Bertz CT molecular complexity index is 1190. The number of anilines is 1. The Balaban J connectivity index is 1.36. The minimum Gasteiger partial charge on any atom is -0.349 e. The van der Waals surface area contributed by atoms with Gasteiger partial charge in [-0.05, 0) is 55.8 Å². The molecular weight excluding hydrogens is 450 g/mol. The standard InChI is InChI=1S/C27H26ClN3O3/c1-31(16-18-7-9-20(10-8-18)27(34)29-22-12-13-22)17-25(32)30-24-14-11-21(28)15-23(24)26(33)19-5-3-2-4-6-19/h2-11,14-15,22H,12-13,16-17H2,1H3,(H,29,34)(H,30,32). The quantitative estimate of drug-likeness (QED) is 0.445. The molecule has 34 heavy (non-hydrogen) atoms. The number of hydrogen-bond acceptors (Lipinski definition) is 4. The van der Waals surface area contributed by atoms with Crippen LogP contribution >= 0.6 is 11.6 Å². The van der Waals surface area contributed by atoms with Crippen LogP contribution in [0.1, 0.15) is 44.7 Å². The number of ketones is 1. The molecule has 3 aromatic rings. The van der Waals surface area contributed by atoms with Gasteiger partial charge in [-0.15, -0.1) is 0 Å². The van der Waals surface area contributed by atoms with Crippen LogP contribution in [0.25, 0.3) is 0 Å². The molecule has 2 amide bonds. The highest BCUT2D eigenvalue weighted by Crippen LogP contribution is 2.24. The molecule has 0 atom stereocenters. The van der Waals surface area contributed by atoms with Gasteiger partial charge in [0.1, 0.15) is 0 Å². The molecule has 4 rings (SSSR count). The Labute approximate surface area is 203 Å². The predicted molar refractivity (Wildman–Crippen MR) is 133 cm³/mol. The fourth-order valence-electron chi connectivity index (χ4n) is 3.62. The van der Waals surface area contributed by atoms with E-state index in [1.807, 2.05) is 30.1 Å². The lowest BCUT2D eigenvalue weighted by Crippen LogP contribution is -2.30. The molecule has 6 nitrogen and oxygen atoms in total. The molecule has 0 saturated heterocycles. The average Bonchev–Trinajstić information content (AvgIpc) is 3.64. The Morgan fingerprint density at radius 3 is 2.32 bits per heavy atom. The van der Waals surface area contributed by atoms with Gasteiger partial charge in [0.15, 0.2) is 5.78 Å². The molecule has 0 heterocycles. The normalized spacial score (nSPS) is 12.9. The summed E-state index contributed by atoms with van der Waals surface area (Å²) in [5.41, 5.74) is 2.91. The van der Waals surface area contributed by atoms with Crippen LogP contribution < -0.4 is 10.6 Å². The number of halogens is 1. The van der Waals surface area contributed by atoms with Gasteiger partial charge in [-0.25, -0.2) is 0 Å². The first kappa shape index (κ1) is 23.7. The first-order valence-corrected chi connectivity index (χ1v) is 11.5. The van der Waals surface area contributed by atoms with Crippen LogP contribution in [0.15, 0.2) is 72.8 Å². The van der Waals surface area contributed by atoms with Crippen LogP contribution in [0.2, 0.25) is 5.02 Å². The number of amides is 2. The van der Waals surface area contributed by atoms with Crippen LogP contribution in [-0.2, 0) is 11.3 Å². The van der Waals surface area contributed by atoms with Crippen molar-refractivity contribution in [1.29, 1.82) is 0 Å². The number of hydrogen-bond donors (Lipinski definition) is 2. The van der Waals surface area contributed by atoms with Gasteiger partial charge < -0.3 is 10.6 Å². The number of carbonyl (C=O) groups excluding carboxylic acids is 3. The SMILES string of the molecule is CN(CC(=O)Nc1ccc(Cl)cc1C(=O)c1ccccc1)Cc1ccc(C(=O)NC2CC2)cc1. The van der Waals surface area contributed by atoms with Crippen molar-refractivity contribution in [2.24, 2.45) is 0 Å². The lowest BCUT2D eigenvalue weighted by molar-refractivity contribution is -0.117. The van der Waals surface area contributed by atoms with E-state index < -0.39 is 0 Å². The molecule has 0 radical (unpaired) electrons. The van der Waals surface area contributed by atoms with Crippen LogP contribution in [0.5, 0.6) is 0 Å². The summed E-state index contributed by atoms with van der Waals surface area (Å²) in [4.78, 5) is 39.7. The second-order valence-corrected chi connectivity index (χ2v) is 8.99. The molecule has 0 unspecified atom stereocenters. The summed E-state index contributed by atoms with van der Waals surface area (Å²) in [7, 11) is 1.84. The Morgan fingerprint density at radius 1 is 0.941 bits per heavy atom. The van der Waals surface area contributed by atoms with Gasteiger partial charge in [-0.3, -0.25) is 19.3 Å². The minimum atomic E-state index is -0.243. The van der Waals surface area contributed by atoms with E-state index in [9.17, 15) is 14.4 Å². The average molecular weight is 476 g/mol. The number of nitrogens with one attached hydrogen (secondary N) is 2. The van der Waals surface area contributed by atoms with Gasteiger partial charge in [0.25, 0.3) is 5.91 Å². The molecule has 0 aromatic heterocycles. The number of benzene rings is 3. The largest absolute Gasteiger partial charge is 0.349 e. The molecule has 1 fully saturated rings. The van der Waals surface area contributed by atoms with E-state index in [0.717, 1.165) is 18.4 Å². The maximum Gasteiger partial charge on any atom is 0.251 e. The summed E-state index contributed by atoms with van der Waals surface area (Å²) < 4.78 is 0. The van der Waals surface area contributed by atoms with E-state index in [1.54, 1.807) is 54.6 Å². The Kier molecular flexibility index (Phi) is 7.40. The number of nitrogens with zero attached hydrogens (tertiary/aromatic N) is 1. The Morgan fingerprint density at radius 2 is 1.65 bits per heavy atom. The summed E-state index contributed by atoms with van der Waals surface area (Å²) in [5, 5.41) is 6.23. The molecular formula is C27H26ClN3O3. The summed E-state index contributed by atoms with van der Waals surface area (Å²) in [5.74, 6) is -0.504. The second-order valence-electron chi connectivity index (χ2n) is 8.55. The highest BCUT2D eigenvalue weighted by molar-refractivity contribution is 6.31. The third kappa shape index (κ3) is 6.31. The first-order valence-electron chi connectivity index (χ1n) is 11.2. The van der Waals surface area contributed by atoms with Crippen molar-refractivity contribution in [3.63, 3.8) is 0 Å². The van der Waals surface area contributed by atoms with Gasteiger partial charge in [0.2, 0.25) is 5.91 Å². The third-order valence-electron chi connectivity index (χ3n) is 5.53. The van der Waals surface area contributed by atoms with Crippen LogP contribution in [-0.4, -0.2) is 42.1 Å². The Hall–Kier alpha value is -3.48. The molecule has 174 valence electrons. The number of rotatable bonds is 9. The van der Waals surface area contributed by atoms with E-state index in [1.165, 1.54) is 0 Å². The van der Waals surface area contributed by atoms with E-state index in [-0.39, 0.29) is 24.1 Å². The van der Waals surface area contributed by atoms with Crippen molar-refractivity contribution in [1.82, 2.24) is 10.2 Å². The van der Waals surface area contributed by atoms with Crippen molar-refractivity contribution in [2.75, 3.05) is 18.9 Å². The van der Waals surface area contributed by atoms with E-state index >= 15 is 0 Å². The van der Waals surface area contributed by atoms with Gasteiger partial charge in [-0.1, -0.05) is 54.1 Å². The molecule has 1 aliphatic carbocycles. The zero-order chi connectivity index (χ0) is 24.1. The highest BCUT2D eigenvalue weighted by Gasteiger charge is 2.23. The van der Waals surface area contributed by atoms with Crippen molar-refractivity contribution >= 4 is 34.9 Å². The highest BCUT2D eigenvalue weighted by atomic mass is 35.5. The monoisotopic (exact) mass is 475 g/mol. The topological polar surface area (TPSA) is 78.5 Å². The summed E-state index contributed by atoms with van der Waals surface area (Å²) in [6.07, 6.45) is 2.10. The second kappa shape index (κ2) is 10.6. The minimum absolute atomic E-state index is 0.0504. The van der Waals surface area contributed by atoms with Crippen molar-refractivity contribution in [2.45, 2.75) is 25.4 Å². The van der Waals surface area contributed by atoms with Gasteiger partial charge in [0.05, 0.1) is 12.2 Å². The van der Waals surface area contributed by atoms with Crippen LogP contribution in [0, 0.1) is 0 Å². The van der Waals surface area contributed by atoms with Crippen LogP contribution in [0.4, 0.5) is 5.69 Å². The molecule has 0 aliphatic heterocycles. The fraction of sp³-hybridized carbons (Fsp3) is 0.222. The van der Waals surface area contributed by atoms with Crippen molar-refractivity contribution in [3.05, 3.63) is 100 Å². The first-order chi connectivity index (χ1) is 16.4. The smallest absolute Gasteiger partial charge is 0.251 e. The fourth-order valence-corrected chi connectivity index (χ4v) is 3.79. The molecule has 0 bridgehead atoms. The maximum atomic E-state index is 13.0. The lowest BCUT2D eigenvalue weighted by Gasteiger charge is -2.17. The van der Waals surface area contributed by atoms with Gasteiger partial charge in [-0.2, -0.15) is 0 Å². The predicted octanol–water partition coefficient (Wildman–Crippen LogP) is 4.53. The summed E-state index contributed by atoms with van der Waals surface area (Å²) in [6, 6.07) is 21.4. The molecule has 3 aromatic carbocycles. The van der Waals surface area contributed by atoms with Crippen molar-refractivity contribution in [3.8, 4) is 0 Å². The summed E-state index contributed by atoms with van der Waals surface area (Å²) >= 11 is 6.12. The molecule has 2 N–H and O–H groups in total. The molecule has 1 aliphatic rings. The maximum absolute atomic E-state index is 13.0. The number of likely N-dealkylation sites (N-methyl/N-ethyl adjacent to an activating group) is 1. The third-order valence-corrected chi connectivity index (χ3v) is 5.77. The van der Waals surface area contributed by atoms with Gasteiger partial charge >= 0.3 is 0 Å². The lowest BCUT2D eigenvalue weighted by atomic mass is 10.0. The van der Waals surface area contributed by atoms with Crippen molar-refractivity contribution < 1.29 is 14.4 Å². The van der Waals surface area contributed by atoms with E-state index in [4.69, 9.17) is 11.6 Å².